The molecule has 0 spiro atoms. The normalized spacial score (nSPS) is 11.0. The molecule has 0 aromatic heterocycles. The van der Waals surface area contributed by atoms with Crippen molar-refractivity contribution in [2.24, 2.45) is 5.73 Å². The Hall–Kier alpha value is -3.91. The predicted octanol–water partition coefficient (Wildman–Crippen LogP) is 5.30. The minimum Gasteiger partial charge on any atom is -0.465 e. The van der Waals surface area contributed by atoms with E-state index in [1.807, 2.05) is 6.07 Å². The third kappa shape index (κ3) is 5.22. The van der Waals surface area contributed by atoms with Gasteiger partial charge in [-0.15, -0.1) is 0 Å². The number of fused-ring (bicyclic) bond motifs is 2. The molecule has 0 unspecified atom stereocenters. The number of anilines is 2. The van der Waals surface area contributed by atoms with Crippen LogP contribution in [0.3, 0.4) is 0 Å². The number of hydrogen-bond donors (Lipinski definition) is 2. The molecule has 3 N–H and O–H groups in total. The van der Waals surface area contributed by atoms with E-state index in [4.69, 9.17) is 27.1 Å². The van der Waals surface area contributed by atoms with Crippen molar-refractivity contribution in [2.75, 3.05) is 43.5 Å². The fourth-order valence-corrected chi connectivity index (χ4v) is 5.11. The molecule has 2 aliphatic rings. The molecule has 0 fully saturated rings. The number of thiocarbonyl (C=S) groups is 1. The van der Waals surface area contributed by atoms with E-state index in [9.17, 15) is 4.79 Å². The number of benzene rings is 3. The van der Waals surface area contributed by atoms with Gasteiger partial charge in [0.1, 0.15) is 24.4 Å². The summed E-state index contributed by atoms with van der Waals surface area (Å²) in [6.45, 7) is 12.1. The van der Waals surface area contributed by atoms with Gasteiger partial charge in [-0.05, 0) is 81.9 Å². The number of hydrogen-bond acceptors (Lipinski definition) is 5. The summed E-state index contributed by atoms with van der Waals surface area (Å²) in [5.41, 5.74) is 11.2. The summed E-state index contributed by atoms with van der Waals surface area (Å²) < 4.78 is 14.0. The second-order valence-corrected chi connectivity index (χ2v) is 9.36. The van der Waals surface area contributed by atoms with E-state index in [1.54, 1.807) is 12.1 Å². The third-order valence-electron chi connectivity index (χ3n) is 6.91. The molecule has 0 atom stereocenters. The van der Waals surface area contributed by atoms with E-state index in [1.165, 1.54) is 7.11 Å². The third-order valence-corrected chi connectivity index (χ3v) is 7.01. The van der Waals surface area contributed by atoms with E-state index in [0.29, 0.717) is 16.8 Å². The van der Waals surface area contributed by atoms with Crippen molar-refractivity contribution in [3.63, 3.8) is 0 Å². The van der Waals surface area contributed by atoms with Crippen molar-refractivity contribution in [3.05, 3.63) is 65.5 Å². The van der Waals surface area contributed by atoms with E-state index < -0.39 is 5.97 Å². The van der Waals surface area contributed by atoms with Crippen molar-refractivity contribution >= 4 is 45.6 Å². The molecular weight excluding hydrogens is 496 g/mol. The molecule has 198 valence electrons. The Morgan fingerprint density at radius 1 is 1.00 bits per heavy atom. The van der Waals surface area contributed by atoms with Crippen LogP contribution in [0.25, 0.3) is 33.4 Å². The maximum absolute atomic E-state index is 12.9. The Morgan fingerprint density at radius 3 is 2.37 bits per heavy atom. The number of methoxy groups -OCH3 is 1. The summed E-state index contributed by atoms with van der Waals surface area (Å²) in [5.74, 6) is 0.306. The van der Waals surface area contributed by atoms with Gasteiger partial charge in [0.15, 0.2) is 5.11 Å². The number of carbonyl (C=O) groups is 1. The maximum atomic E-state index is 12.9. The van der Waals surface area contributed by atoms with Gasteiger partial charge >= 0.3 is 5.97 Å². The molecule has 2 aromatic rings. The standard InChI is InChI=1S/C30H34N4O3S/c1-6-33(7-2)20-11-14-23-26(17-20)37-27-18-21(34(8-3)9-4)12-15-24(27)28(23)25-16-19(32-30(31)38)10-13-22(25)29(35)36-5/h10-18H,6-9H2,1-5H3,(H2-,31,32,35,38)/p+1. The van der Waals surface area contributed by atoms with Crippen LogP contribution in [0.4, 0.5) is 11.4 Å². The summed E-state index contributed by atoms with van der Waals surface area (Å²) in [4.78, 5) is 15.2. The van der Waals surface area contributed by atoms with Gasteiger partial charge in [-0.2, -0.15) is 0 Å². The molecule has 38 heavy (non-hydrogen) atoms. The van der Waals surface area contributed by atoms with Gasteiger partial charge in [-0.3, -0.25) is 0 Å². The number of nitrogens with zero attached hydrogens (tertiary/aromatic N) is 2. The van der Waals surface area contributed by atoms with E-state index in [2.05, 4.69) is 78.9 Å². The van der Waals surface area contributed by atoms with Crippen LogP contribution in [0.15, 0.2) is 59.0 Å². The Bertz CT molecular complexity index is 1530. The average molecular weight is 532 g/mol. The fraction of sp³-hybridized carbons (Fsp3) is 0.300. The number of nitrogens with two attached hydrogens (primary N) is 1. The molecule has 0 radical (unpaired) electrons. The fourth-order valence-electron chi connectivity index (χ4n) is 4.99. The van der Waals surface area contributed by atoms with Gasteiger partial charge < -0.3 is 25.1 Å². The zero-order valence-corrected chi connectivity index (χ0v) is 23.4. The van der Waals surface area contributed by atoms with Gasteiger partial charge in [0, 0.05) is 53.1 Å². The van der Waals surface area contributed by atoms with Crippen LogP contribution in [0.2, 0.25) is 0 Å². The molecular formula is C30H35N4O3S+. The zero-order valence-electron chi connectivity index (χ0n) is 22.6. The van der Waals surface area contributed by atoms with Crippen molar-refractivity contribution in [1.29, 1.82) is 0 Å². The predicted molar refractivity (Wildman–Crippen MR) is 160 cm³/mol. The SMILES string of the molecule is CCN(CC)c1ccc2c(-c3cc(NC(N)=S)ccc3C(=O)OC)c3ccc(=[N+](CC)CC)cc-3oc2c1. The molecule has 8 heteroatoms. The van der Waals surface area contributed by atoms with Crippen LogP contribution < -0.4 is 25.9 Å². The lowest BCUT2D eigenvalue weighted by Gasteiger charge is -2.23. The molecule has 4 rings (SSSR count). The molecule has 0 saturated carbocycles. The van der Waals surface area contributed by atoms with Crippen LogP contribution in [-0.4, -0.2) is 44.4 Å². The van der Waals surface area contributed by atoms with Gasteiger partial charge in [-0.25, -0.2) is 9.37 Å². The average Bonchev–Trinajstić information content (AvgIpc) is 2.92. The van der Waals surface area contributed by atoms with E-state index in [-0.39, 0.29) is 5.11 Å². The highest BCUT2D eigenvalue weighted by Gasteiger charge is 2.24. The molecule has 0 saturated heterocycles. The van der Waals surface area contributed by atoms with Crippen LogP contribution in [0, 0.1) is 0 Å². The van der Waals surface area contributed by atoms with Crippen molar-refractivity contribution in [1.82, 2.24) is 4.58 Å². The molecule has 0 bridgehead atoms. The van der Waals surface area contributed by atoms with Crippen LogP contribution >= 0.6 is 12.2 Å². The van der Waals surface area contributed by atoms with Crippen molar-refractivity contribution in [3.8, 4) is 22.5 Å². The minimum absolute atomic E-state index is 0.146. The second-order valence-electron chi connectivity index (χ2n) is 8.92. The van der Waals surface area contributed by atoms with Gasteiger partial charge in [-0.1, -0.05) is 0 Å². The van der Waals surface area contributed by atoms with E-state index >= 15 is 0 Å². The van der Waals surface area contributed by atoms with Crippen molar-refractivity contribution < 1.29 is 13.9 Å². The lowest BCUT2D eigenvalue weighted by molar-refractivity contribution is 0.0601. The first-order valence-electron chi connectivity index (χ1n) is 13.0. The van der Waals surface area contributed by atoms with Gasteiger partial charge in [0.05, 0.1) is 18.7 Å². The van der Waals surface area contributed by atoms with Crippen LogP contribution in [0.1, 0.15) is 38.1 Å². The highest BCUT2D eigenvalue weighted by molar-refractivity contribution is 7.80. The molecule has 7 nitrogen and oxygen atoms in total. The van der Waals surface area contributed by atoms with Crippen LogP contribution in [0.5, 0.6) is 0 Å². The minimum atomic E-state index is -0.427. The molecule has 1 aliphatic heterocycles. The Morgan fingerprint density at radius 2 is 1.74 bits per heavy atom. The highest BCUT2D eigenvalue weighted by atomic mass is 32.1. The lowest BCUT2D eigenvalue weighted by atomic mass is 9.90. The second kappa shape index (κ2) is 11.6. The Kier molecular flexibility index (Phi) is 8.32. The topological polar surface area (TPSA) is 83.7 Å². The number of nitrogens with one attached hydrogen (secondary N) is 1. The first-order valence-corrected chi connectivity index (χ1v) is 13.4. The molecule has 1 heterocycles. The first-order chi connectivity index (χ1) is 18.3. The smallest absolute Gasteiger partial charge is 0.338 e. The largest absolute Gasteiger partial charge is 0.465 e. The Balaban J connectivity index is 2.15. The monoisotopic (exact) mass is 531 g/mol. The summed E-state index contributed by atoms with van der Waals surface area (Å²) in [7, 11) is 1.39. The maximum Gasteiger partial charge on any atom is 0.338 e. The first kappa shape index (κ1) is 27.1. The van der Waals surface area contributed by atoms with Crippen LogP contribution in [-0.2, 0) is 4.74 Å². The lowest BCUT2D eigenvalue weighted by Crippen LogP contribution is -2.29. The summed E-state index contributed by atoms with van der Waals surface area (Å²) >= 11 is 5.07. The molecule has 2 aromatic carbocycles. The zero-order chi connectivity index (χ0) is 27.4. The van der Waals surface area contributed by atoms with Gasteiger partial charge in [0.25, 0.3) is 0 Å². The number of carbonyl (C=O) groups excluding carboxylic acids is 1. The Labute approximate surface area is 228 Å². The molecule has 0 amide bonds. The number of rotatable bonds is 8. The van der Waals surface area contributed by atoms with E-state index in [0.717, 1.165) is 65.1 Å². The quantitative estimate of drug-likeness (QED) is 0.138. The van der Waals surface area contributed by atoms with Crippen molar-refractivity contribution in [2.45, 2.75) is 27.7 Å². The summed E-state index contributed by atoms with van der Waals surface area (Å²) in [6, 6.07) is 17.9. The summed E-state index contributed by atoms with van der Waals surface area (Å²) in [5, 5.41) is 5.11. The number of ether oxygens (including phenoxy) is 1. The molecule has 1 aliphatic carbocycles. The summed E-state index contributed by atoms with van der Waals surface area (Å²) in [6.07, 6.45) is 0. The van der Waals surface area contributed by atoms with Gasteiger partial charge in [0.2, 0.25) is 5.36 Å². The highest BCUT2D eigenvalue weighted by Crippen LogP contribution is 2.43. The number of esters is 1.